The highest BCUT2D eigenvalue weighted by Gasteiger charge is 2.15. The van der Waals surface area contributed by atoms with E-state index in [1.807, 2.05) is 48.9 Å². The standard InChI is InChI=1S/C21H20ClN3O2/c1-13-21(16-6-7-17(11-23)18(22)10-16)14(2)25(24-13)12-15-5-8-19(26-3)20(9-15)27-4/h5-10H,12H2,1-4H3. The van der Waals surface area contributed by atoms with Crippen molar-refractivity contribution in [3.8, 4) is 28.7 Å². The average molecular weight is 382 g/mol. The quantitative estimate of drug-likeness (QED) is 0.639. The number of methoxy groups -OCH3 is 2. The third-order valence-electron chi connectivity index (χ3n) is 4.54. The Labute approximate surface area is 163 Å². The van der Waals surface area contributed by atoms with E-state index in [9.17, 15) is 0 Å². The van der Waals surface area contributed by atoms with Gasteiger partial charge in [0.05, 0.1) is 37.0 Å². The highest BCUT2D eigenvalue weighted by Crippen LogP contribution is 2.32. The molecule has 0 spiro atoms. The van der Waals surface area contributed by atoms with Gasteiger partial charge in [-0.1, -0.05) is 23.7 Å². The van der Waals surface area contributed by atoms with Gasteiger partial charge in [0, 0.05) is 11.3 Å². The lowest BCUT2D eigenvalue weighted by Gasteiger charge is -2.11. The van der Waals surface area contributed by atoms with Crippen LogP contribution in [-0.4, -0.2) is 24.0 Å². The first-order chi connectivity index (χ1) is 13.0. The van der Waals surface area contributed by atoms with Gasteiger partial charge in [0.1, 0.15) is 6.07 Å². The summed E-state index contributed by atoms with van der Waals surface area (Å²) in [6.45, 7) is 4.61. The van der Waals surface area contributed by atoms with Crippen molar-refractivity contribution in [1.29, 1.82) is 5.26 Å². The second-order valence-electron chi connectivity index (χ2n) is 6.20. The van der Waals surface area contributed by atoms with Crippen molar-refractivity contribution in [2.45, 2.75) is 20.4 Å². The van der Waals surface area contributed by atoms with Crippen LogP contribution in [0.1, 0.15) is 22.5 Å². The molecule has 3 rings (SSSR count). The predicted octanol–water partition coefficient (Wildman–Crippen LogP) is 4.76. The molecule has 5 nitrogen and oxygen atoms in total. The van der Waals surface area contributed by atoms with Gasteiger partial charge in [-0.3, -0.25) is 4.68 Å². The molecule has 0 bridgehead atoms. The molecule has 1 aromatic heterocycles. The molecule has 2 aromatic carbocycles. The highest BCUT2D eigenvalue weighted by atomic mass is 35.5. The fourth-order valence-electron chi connectivity index (χ4n) is 3.18. The summed E-state index contributed by atoms with van der Waals surface area (Å²) in [5, 5.41) is 14.2. The van der Waals surface area contributed by atoms with Crippen molar-refractivity contribution in [2.24, 2.45) is 0 Å². The van der Waals surface area contributed by atoms with Crippen LogP contribution in [0.5, 0.6) is 11.5 Å². The minimum absolute atomic E-state index is 0.446. The molecule has 0 aliphatic carbocycles. The van der Waals surface area contributed by atoms with Gasteiger partial charge >= 0.3 is 0 Å². The van der Waals surface area contributed by atoms with Gasteiger partial charge in [0.25, 0.3) is 0 Å². The molecule has 0 fully saturated rings. The molecule has 0 aliphatic heterocycles. The lowest BCUT2D eigenvalue weighted by Crippen LogP contribution is -2.04. The minimum Gasteiger partial charge on any atom is -0.493 e. The van der Waals surface area contributed by atoms with E-state index in [1.165, 1.54) is 0 Å². The summed E-state index contributed by atoms with van der Waals surface area (Å²) in [6, 6.07) is 13.4. The Bertz CT molecular complexity index is 1030. The molecule has 0 radical (unpaired) electrons. The molecule has 6 heteroatoms. The van der Waals surface area contributed by atoms with Gasteiger partial charge in [-0.2, -0.15) is 10.4 Å². The van der Waals surface area contributed by atoms with E-state index < -0.39 is 0 Å². The summed E-state index contributed by atoms with van der Waals surface area (Å²) < 4.78 is 12.6. The number of ether oxygens (including phenoxy) is 2. The maximum Gasteiger partial charge on any atom is 0.161 e. The molecule has 0 saturated heterocycles. The number of halogens is 1. The number of hydrogen-bond donors (Lipinski definition) is 0. The molecule has 3 aromatic rings. The Hall–Kier alpha value is -2.97. The normalized spacial score (nSPS) is 10.5. The monoisotopic (exact) mass is 381 g/mol. The zero-order chi connectivity index (χ0) is 19.6. The fraction of sp³-hybridized carbons (Fsp3) is 0.238. The van der Waals surface area contributed by atoms with E-state index >= 15 is 0 Å². The summed E-state index contributed by atoms with van der Waals surface area (Å²) in [5.74, 6) is 1.39. The number of nitriles is 1. The highest BCUT2D eigenvalue weighted by molar-refractivity contribution is 6.32. The van der Waals surface area contributed by atoms with Gasteiger partial charge < -0.3 is 9.47 Å². The summed E-state index contributed by atoms with van der Waals surface area (Å²) in [6.07, 6.45) is 0. The molecule has 0 aliphatic rings. The number of aromatic nitrogens is 2. The number of benzene rings is 2. The van der Waals surface area contributed by atoms with Crippen LogP contribution in [0.15, 0.2) is 36.4 Å². The molecule has 0 atom stereocenters. The van der Waals surface area contributed by atoms with Crippen molar-refractivity contribution in [1.82, 2.24) is 9.78 Å². The fourth-order valence-corrected chi connectivity index (χ4v) is 3.40. The maximum absolute atomic E-state index is 9.07. The number of aryl methyl sites for hydroxylation is 1. The van der Waals surface area contributed by atoms with Crippen LogP contribution in [0.3, 0.4) is 0 Å². The van der Waals surface area contributed by atoms with Crippen molar-refractivity contribution in [3.05, 3.63) is 63.9 Å². The first-order valence-electron chi connectivity index (χ1n) is 8.43. The second kappa shape index (κ2) is 7.73. The lowest BCUT2D eigenvalue weighted by atomic mass is 10.0. The van der Waals surface area contributed by atoms with E-state index in [2.05, 4.69) is 11.2 Å². The number of nitrogens with zero attached hydrogens (tertiary/aromatic N) is 3. The van der Waals surface area contributed by atoms with Crippen molar-refractivity contribution < 1.29 is 9.47 Å². The Morgan fingerprint density at radius 1 is 1.07 bits per heavy atom. The minimum atomic E-state index is 0.446. The Balaban J connectivity index is 1.97. The molecule has 1 heterocycles. The number of rotatable bonds is 5. The molecule has 0 unspecified atom stereocenters. The van der Waals surface area contributed by atoms with E-state index in [0.717, 1.165) is 28.1 Å². The van der Waals surface area contributed by atoms with Crippen LogP contribution >= 0.6 is 11.6 Å². The smallest absolute Gasteiger partial charge is 0.161 e. The summed E-state index contributed by atoms with van der Waals surface area (Å²) in [4.78, 5) is 0. The average Bonchev–Trinajstić information content (AvgIpc) is 2.94. The van der Waals surface area contributed by atoms with E-state index in [-0.39, 0.29) is 0 Å². The third kappa shape index (κ3) is 3.62. The first kappa shape index (κ1) is 18.8. The van der Waals surface area contributed by atoms with Gasteiger partial charge in [0.15, 0.2) is 11.5 Å². The van der Waals surface area contributed by atoms with Crippen molar-refractivity contribution >= 4 is 11.6 Å². The maximum atomic E-state index is 9.07. The Morgan fingerprint density at radius 3 is 2.44 bits per heavy atom. The van der Waals surface area contributed by atoms with Crippen LogP contribution in [-0.2, 0) is 6.54 Å². The zero-order valence-electron chi connectivity index (χ0n) is 15.7. The third-order valence-corrected chi connectivity index (χ3v) is 4.85. The largest absolute Gasteiger partial charge is 0.493 e. The van der Waals surface area contributed by atoms with Crippen LogP contribution in [0.25, 0.3) is 11.1 Å². The Kier molecular flexibility index (Phi) is 5.38. The zero-order valence-corrected chi connectivity index (χ0v) is 16.5. The van der Waals surface area contributed by atoms with Gasteiger partial charge in [-0.25, -0.2) is 0 Å². The molecule has 138 valence electrons. The van der Waals surface area contributed by atoms with Crippen LogP contribution < -0.4 is 9.47 Å². The molecular weight excluding hydrogens is 362 g/mol. The number of hydrogen-bond acceptors (Lipinski definition) is 4. The van der Waals surface area contributed by atoms with E-state index in [0.29, 0.717) is 28.6 Å². The van der Waals surface area contributed by atoms with Gasteiger partial charge in [0.2, 0.25) is 0 Å². The van der Waals surface area contributed by atoms with Crippen LogP contribution in [0.2, 0.25) is 5.02 Å². The van der Waals surface area contributed by atoms with E-state index in [1.54, 1.807) is 20.3 Å². The van der Waals surface area contributed by atoms with Gasteiger partial charge in [-0.05, 0) is 49.2 Å². The topological polar surface area (TPSA) is 60.1 Å². The SMILES string of the molecule is COc1ccc(Cn2nc(C)c(-c3ccc(C#N)c(Cl)c3)c2C)cc1OC. The summed E-state index contributed by atoms with van der Waals surface area (Å²) in [7, 11) is 3.24. The predicted molar refractivity (Wildman–Crippen MR) is 106 cm³/mol. The molecular formula is C21H20ClN3O2. The van der Waals surface area contributed by atoms with Crippen molar-refractivity contribution in [2.75, 3.05) is 14.2 Å². The van der Waals surface area contributed by atoms with E-state index in [4.69, 9.17) is 26.3 Å². The molecule has 0 N–H and O–H groups in total. The summed E-state index contributed by atoms with van der Waals surface area (Å²) >= 11 is 6.21. The molecule has 0 saturated carbocycles. The molecule has 27 heavy (non-hydrogen) atoms. The second-order valence-corrected chi connectivity index (χ2v) is 6.61. The van der Waals surface area contributed by atoms with Crippen molar-refractivity contribution in [3.63, 3.8) is 0 Å². The first-order valence-corrected chi connectivity index (χ1v) is 8.81. The van der Waals surface area contributed by atoms with Gasteiger partial charge in [-0.15, -0.1) is 0 Å². The van der Waals surface area contributed by atoms with Crippen LogP contribution in [0.4, 0.5) is 0 Å². The lowest BCUT2D eigenvalue weighted by molar-refractivity contribution is 0.354. The molecule has 0 amide bonds. The Morgan fingerprint density at radius 2 is 1.81 bits per heavy atom. The summed E-state index contributed by atoms with van der Waals surface area (Å²) in [5.41, 5.74) is 5.45. The van der Waals surface area contributed by atoms with Crippen LogP contribution in [0, 0.1) is 25.2 Å².